The number of methoxy groups -OCH3 is 1. The van der Waals surface area contributed by atoms with Crippen molar-refractivity contribution in [2.75, 3.05) is 13.7 Å². The van der Waals surface area contributed by atoms with Gasteiger partial charge in [-0.2, -0.15) is 0 Å². The van der Waals surface area contributed by atoms with Gasteiger partial charge in [0, 0.05) is 54.5 Å². The number of nitrogens with two attached hydrogens (primary N) is 1. The molecule has 4 heterocycles. The Morgan fingerprint density at radius 1 is 1.16 bits per heavy atom. The van der Waals surface area contributed by atoms with Crippen LogP contribution in [0.15, 0.2) is 66.9 Å². The zero-order valence-electron chi connectivity index (χ0n) is 18.3. The van der Waals surface area contributed by atoms with E-state index in [1.165, 1.54) is 0 Å². The summed E-state index contributed by atoms with van der Waals surface area (Å²) >= 11 is 0. The molecule has 1 spiro atoms. The molecule has 0 bridgehead atoms. The lowest BCUT2D eigenvalue weighted by molar-refractivity contribution is 0.0742. The summed E-state index contributed by atoms with van der Waals surface area (Å²) in [6.07, 6.45) is 7.41. The first-order chi connectivity index (χ1) is 15.4. The summed E-state index contributed by atoms with van der Waals surface area (Å²) in [4.78, 5) is 8.85. The van der Waals surface area contributed by atoms with Crippen LogP contribution in [0, 0.1) is 11.8 Å². The summed E-state index contributed by atoms with van der Waals surface area (Å²) in [5.41, 5.74) is 10.0. The van der Waals surface area contributed by atoms with Crippen LogP contribution >= 0.6 is 0 Å². The van der Waals surface area contributed by atoms with Crippen LogP contribution in [0.25, 0.3) is 11.1 Å². The number of nitrogens with one attached hydrogen (secondary N) is 1. The van der Waals surface area contributed by atoms with Gasteiger partial charge in [0.05, 0.1) is 11.2 Å². The SMILES string of the molecule is COC(C)(C)C#Cc1cnc2c(c1)[C@]1(C=C(N)NC1)c1cc(-c3cccnc3)ccc1O2. The molecule has 2 aromatic heterocycles. The van der Waals surface area contributed by atoms with E-state index in [0.717, 1.165) is 33.6 Å². The number of fused-ring (bicyclic) bond motifs is 4. The second kappa shape index (κ2) is 7.40. The van der Waals surface area contributed by atoms with Crippen LogP contribution in [-0.4, -0.2) is 29.2 Å². The predicted molar refractivity (Wildman–Crippen MR) is 123 cm³/mol. The minimum atomic E-state index is -0.547. The van der Waals surface area contributed by atoms with E-state index in [-0.39, 0.29) is 0 Å². The Bertz CT molecular complexity index is 1290. The van der Waals surface area contributed by atoms with Crippen molar-refractivity contribution in [3.05, 3.63) is 83.6 Å². The monoisotopic (exact) mass is 424 g/mol. The minimum Gasteiger partial charge on any atom is -0.438 e. The average molecular weight is 425 g/mol. The number of ether oxygens (including phenoxy) is 2. The maximum Gasteiger partial charge on any atom is 0.223 e. The van der Waals surface area contributed by atoms with Crippen LogP contribution in [-0.2, 0) is 10.2 Å². The van der Waals surface area contributed by atoms with Gasteiger partial charge in [0.25, 0.3) is 0 Å². The summed E-state index contributed by atoms with van der Waals surface area (Å²) < 4.78 is 11.6. The molecule has 0 saturated carbocycles. The van der Waals surface area contributed by atoms with Gasteiger partial charge in [0.2, 0.25) is 5.88 Å². The number of benzene rings is 1. The highest BCUT2D eigenvalue weighted by atomic mass is 16.5. The third kappa shape index (κ3) is 3.37. The average Bonchev–Trinajstić information content (AvgIpc) is 3.21. The van der Waals surface area contributed by atoms with Gasteiger partial charge in [-0.25, -0.2) is 4.98 Å². The second-order valence-corrected chi connectivity index (χ2v) is 8.52. The first-order valence-corrected chi connectivity index (χ1v) is 10.4. The van der Waals surface area contributed by atoms with Gasteiger partial charge >= 0.3 is 0 Å². The van der Waals surface area contributed by atoms with Gasteiger partial charge < -0.3 is 20.5 Å². The normalized spacial score (nSPS) is 18.5. The Morgan fingerprint density at radius 3 is 2.75 bits per heavy atom. The molecule has 6 heteroatoms. The van der Waals surface area contributed by atoms with Crippen LogP contribution in [0.5, 0.6) is 11.6 Å². The molecular formula is C26H24N4O2. The lowest BCUT2D eigenvalue weighted by Crippen LogP contribution is -2.34. The zero-order chi connectivity index (χ0) is 22.3. The zero-order valence-corrected chi connectivity index (χ0v) is 18.3. The number of pyridine rings is 2. The Hall–Kier alpha value is -3.82. The first kappa shape index (κ1) is 20.1. The lowest BCUT2D eigenvalue weighted by Gasteiger charge is -2.35. The van der Waals surface area contributed by atoms with Crippen LogP contribution in [0.1, 0.15) is 30.5 Å². The highest BCUT2D eigenvalue weighted by Gasteiger charge is 2.44. The molecule has 3 aromatic rings. The molecule has 1 atom stereocenters. The van der Waals surface area contributed by atoms with Crippen molar-refractivity contribution in [3.63, 3.8) is 0 Å². The first-order valence-electron chi connectivity index (χ1n) is 10.4. The van der Waals surface area contributed by atoms with E-state index in [4.69, 9.17) is 15.2 Å². The quantitative estimate of drug-likeness (QED) is 0.611. The standard InChI is InChI=1S/C26H24N4O2/c1-25(2,31-3)9-8-17-11-21-24(29-14-17)32-22-7-6-18(19-5-4-10-28-15-19)12-20(22)26(21)13-23(27)30-16-26/h4-7,10-15,30H,16,27H2,1-3H3/t26-/m0/s1. The molecule has 0 unspecified atom stereocenters. The summed E-state index contributed by atoms with van der Waals surface area (Å²) in [7, 11) is 1.65. The number of aromatic nitrogens is 2. The van der Waals surface area contributed by atoms with Crippen LogP contribution in [0.2, 0.25) is 0 Å². The molecular weight excluding hydrogens is 400 g/mol. The molecule has 5 rings (SSSR count). The van der Waals surface area contributed by atoms with Gasteiger partial charge in [-0.15, -0.1) is 0 Å². The third-order valence-corrected chi connectivity index (χ3v) is 5.98. The van der Waals surface area contributed by atoms with Crippen molar-refractivity contribution in [2.45, 2.75) is 24.9 Å². The molecule has 3 N–H and O–H groups in total. The van der Waals surface area contributed by atoms with Crippen molar-refractivity contribution in [2.24, 2.45) is 5.73 Å². The van der Waals surface area contributed by atoms with E-state index in [1.54, 1.807) is 19.5 Å². The van der Waals surface area contributed by atoms with Crippen molar-refractivity contribution in [1.29, 1.82) is 0 Å². The second-order valence-electron chi connectivity index (χ2n) is 8.52. The van der Waals surface area contributed by atoms with E-state index in [9.17, 15) is 0 Å². The maximum absolute atomic E-state index is 6.21. The van der Waals surface area contributed by atoms with Gasteiger partial charge in [0.1, 0.15) is 11.4 Å². The summed E-state index contributed by atoms with van der Waals surface area (Å²) in [6.45, 7) is 4.47. The summed E-state index contributed by atoms with van der Waals surface area (Å²) in [5, 5.41) is 3.29. The number of hydrogen-bond donors (Lipinski definition) is 2. The Morgan fingerprint density at radius 2 is 2.03 bits per heavy atom. The molecule has 6 nitrogen and oxygen atoms in total. The van der Waals surface area contributed by atoms with E-state index in [0.29, 0.717) is 18.2 Å². The largest absolute Gasteiger partial charge is 0.438 e. The van der Waals surface area contributed by atoms with Crippen LogP contribution in [0.4, 0.5) is 0 Å². The molecule has 160 valence electrons. The lowest BCUT2D eigenvalue weighted by atomic mass is 9.73. The Balaban J connectivity index is 1.66. The van der Waals surface area contributed by atoms with E-state index < -0.39 is 11.0 Å². The van der Waals surface area contributed by atoms with Crippen molar-refractivity contribution >= 4 is 0 Å². The third-order valence-electron chi connectivity index (χ3n) is 5.98. The van der Waals surface area contributed by atoms with E-state index >= 15 is 0 Å². The summed E-state index contributed by atoms with van der Waals surface area (Å²) in [5.74, 6) is 8.31. The van der Waals surface area contributed by atoms with Crippen molar-refractivity contribution in [3.8, 4) is 34.6 Å². The minimum absolute atomic E-state index is 0.507. The predicted octanol–water partition coefficient (Wildman–Crippen LogP) is 3.72. The number of rotatable bonds is 2. The van der Waals surface area contributed by atoms with Gasteiger partial charge in [-0.1, -0.05) is 24.0 Å². The highest BCUT2D eigenvalue weighted by molar-refractivity contribution is 5.70. The van der Waals surface area contributed by atoms with Crippen molar-refractivity contribution in [1.82, 2.24) is 15.3 Å². The Labute approximate surface area is 187 Å². The topological polar surface area (TPSA) is 82.3 Å². The molecule has 32 heavy (non-hydrogen) atoms. The molecule has 0 fully saturated rings. The van der Waals surface area contributed by atoms with E-state index in [2.05, 4.69) is 39.3 Å². The van der Waals surface area contributed by atoms with Gasteiger partial charge in [-0.3, -0.25) is 4.98 Å². The van der Waals surface area contributed by atoms with Crippen LogP contribution in [0.3, 0.4) is 0 Å². The molecule has 0 radical (unpaired) electrons. The highest BCUT2D eigenvalue weighted by Crippen LogP contribution is 2.50. The molecule has 0 aliphatic carbocycles. The maximum atomic E-state index is 6.21. The number of nitrogens with zero attached hydrogens (tertiary/aromatic N) is 2. The molecule has 0 saturated heterocycles. The van der Waals surface area contributed by atoms with Gasteiger partial charge in [-0.05, 0) is 49.8 Å². The molecule has 2 aliphatic heterocycles. The molecule has 0 amide bonds. The smallest absolute Gasteiger partial charge is 0.223 e. The summed E-state index contributed by atoms with van der Waals surface area (Å²) in [6, 6.07) is 12.2. The van der Waals surface area contributed by atoms with E-state index in [1.807, 2.05) is 50.4 Å². The van der Waals surface area contributed by atoms with Gasteiger partial charge in [0.15, 0.2) is 0 Å². The van der Waals surface area contributed by atoms with Crippen molar-refractivity contribution < 1.29 is 9.47 Å². The van der Waals surface area contributed by atoms with Crippen LogP contribution < -0.4 is 15.8 Å². The fourth-order valence-electron chi connectivity index (χ4n) is 4.08. The Kier molecular flexibility index (Phi) is 4.65. The number of hydrogen-bond acceptors (Lipinski definition) is 6. The fourth-order valence-corrected chi connectivity index (χ4v) is 4.08. The molecule has 2 aliphatic rings. The fraction of sp³-hybridized carbons (Fsp3) is 0.231. The molecule has 1 aromatic carbocycles.